The Morgan fingerprint density at radius 1 is 1.43 bits per heavy atom. The lowest BCUT2D eigenvalue weighted by Gasteiger charge is -2.12. The fraction of sp³-hybridized carbons (Fsp3) is 0.412. The highest BCUT2D eigenvalue weighted by Crippen LogP contribution is 2.26. The van der Waals surface area contributed by atoms with Gasteiger partial charge in [0.1, 0.15) is 5.75 Å². The average molecular weight is 314 g/mol. The van der Waals surface area contributed by atoms with Gasteiger partial charge in [-0.1, -0.05) is 12.1 Å². The molecule has 3 N–H and O–H groups in total. The molecule has 1 saturated heterocycles. The lowest BCUT2D eigenvalue weighted by molar-refractivity contribution is -0.118. The van der Waals surface area contributed by atoms with Gasteiger partial charge in [-0.25, -0.2) is 0 Å². The number of aromatic nitrogens is 2. The summed E-state index contributed by atoms with van der Waals surface area (Å²) in [7, 11) is 0. The predicted octanol–water partition coefficient (Wildman–Crippen LogP) is 2.12. The summed E-state index contributed by atoms with van der Waals surface area (Å²) in [6.45, 7) is 5.85. The summed E-state index contributed by atoms with van der Waals surface area (Å²) in [5.41, 5.74) is 3.85. The van der Waals surface area contributed by atoms with Crippen molar-refractivity contribution in [2.24, 2.45) is 0 Å². The first-order chi connectivity index (χ1) is 11.1. The van der Waals surface area contributed by atoms with Gasteiger partial charge in [0.25, 0.3) is 5.91 Å². The Hall–Kier alpha value is -2.34. The Morgan fingerprint density at radius 2 is 2.30 bits per heavy atom. The maximum absolute atomic E-state index is 12.2. The molecule has 23 heavy (non-hydrogen) atoms. The molecule has 0 aliphatic carbocycles. The van der Waals surface area contributed by atoms with Crippen LogP contribution in [0, 0.1) is 13.8 Å². The van der Waals surface area contributed by atoms with Gasteiger partial charge in [-0.05, 0) is 44.0 Å². The molecule has 2 heterocycles. The molecule has 1 unspecified atom stereocenters. The van der Waals surface area contributed by atoms with Crippen LogP contribution in [0.15, 0.2) is 24.4 Å². The second-order valence-electron chi connectivity index (χ2n) is 5.99. The maximum atomic E-state index is 12.2. The van der Waals surface area contributed by atoms with Crippen LogP contribution in [0.4, 0.5) is 5.69 Å². The molecule has 6 nitrogen and oxygen atoms in total. The summed E-state index contributed by atoms with van der Waals surface area (Å²) >= 11 is 0. The summed E-state index contributed by atoms with van der Waals surface area (Å²) in [5, 5.41) is 13.3. The highest BCUT2D eigenvalue weighted by molar-refractivity contribution is 5.92. The number of rotatable bonds is 5. The Kier molecular flexibility index (Phi) is 4.62. The fourth-order valence-corrected chi connectivity index (χ4v) is 2.80. The molecule has 0 bridgehead atoms. The lowest BCUT2D eigenvalue weighted by atomic mass is 10.0. The van der Waals surface area contributed by atoms with E-state index in [1.807, 2.05) is 32.0 Å². The van der Waals surface area contributed by atoms with Crippen LogP contribution in [-0.2, 0) is 4.79 Å². The number of nitrogens with zero attached hydrogens (tertiary/aromatic N) is 1. The summed E-state index contributed by atoms with van der Waals surface area (Å²) in [4.78, 5) is 12.2. The third kappa shape index (κ3) is 3.71. The summed E-state index contributed by atoms with van der Waals surface area (Å²) in [5.74, 6) is 0.930. The summed E-state index contributed by atoms with van der Waals surface area (Å²) in [6, 6.07) is 5.95. The number of benzene rings is 1. The van der Waals surface area contributed by atoms with Crippen molar-refractivity contribution in [1.82, 2.24) is 15.5 Å². The van der Waals surface area contributed by atoms with Crippen molar-refractivity contribution in [2.75, 3.05) is 25.0 Å². The molecule has 1 aromatic heterocycles. The molecule has 2 aromatic rings. The van der Waals surface area contributed by atoms with Gasteiger partial charge in [0, 0.05) is 12.5 Å². The quantitative estimate of drug-likeness (QED) is 0.790. The minimum atomic E-state index is -0.181. The molecule has 122 valence electrons. The molecule has 1 fully saturated rings. The average Bonchev–Trinajstić information content (AvgIpc) is 3.19. The second-order valence-corrected chi connectivity index (χ2v) is 5.99. The monoisotopic (exact) mass is 314 g/mol. The number of anilines is 1. The fourth-order valence-electron chi connectivity index (χ4n) is 2.80. The molecule has 0 saturated carbocycles. The SMILES string of the molecule is Cc1ccc(C)c(OCC(=O)Nc2cn[nH]c2C2CCNC2)c1. The van der Waals surface area contributed by atoms with Crippen LogP contribution >= 0.6 is 0 Å². The molecule has 0 radical (unpaired) electrons. The highest BCUT2D eigenvalue weighted by Gasteiger charge is 2.22. The van der Waals surface area contributed by atoms with Gasteiger partial charge in [0.05, 0.1) is 17.6 Å². The zero-order chi connectivity index (χ0) is 16.2. The Labute approximate surface area is 135 Å². The van der Waals surface area contributed by atoms with Gasteiger partial charge < -0.3 is 15.4 Å². The van der Waals surface area contributed by atoms with Gasteiger partial charge in [-0.2, -0.15) is 5.10 Å². The summed E-state index contributed by atoms with van der Waals surface area (Å²) < 4.78 is 5.64. The number of ether oxygens (including phenoxy) is 1. The van der Waals surface area contributed by atoms with Crippen LogP contribution < -0.4 is 15.4 Å². The zero-order valence-corrected chi connectivity index (χ0v) is 13.5. The van der Waals surface area contributed by atoms with E-state index in [1.54, 1.807) is 6.20 Å². The third-order valence-electron chi connectivity index (χ3n) is 4.11. The predicted molar refractivity (Wildman–Crippen MR) is 88.9 cm³/mol. The number of hydrogen-bond donors (Lipinski definition) is 3. The number of aromatic amines is 1. The van der Waals surface area contributed by atoms with Crippen LogP contribution in [0.5, 0.6) is 5.75 Å². The molecule has 1 amide bonds. The molecule has 1 aromatic carbocycles. The first-order valence-corrected chi connectivity index (χ1v) is 7.87. The van der Waals surface area contributed by atoms with Crippen LogP contribution in [0.2, 0.25) is 0 Å². The zero-order valence-electron chi connectivity index (χ0n) is 13.5. The standard InChI is InChI=1S/C17H22N4O2/c1-11-3-4-12(2)15(7-11)23-10-16(22)20-14-9-19-21-17(14)13-5-6-18-8-13/h3-4,7,9,13,18H,5-6,8,10H2,1-2H3,(H,19,21)(H,20,22). The van der Waals surface area contributed by atoms with E-state index < -0.39 is 0 Å². The van der Waals surface area contributed by atoms with Crippen molar-refractivity contribution in [1.29, 1.82) is 0 Å². The van der Waals surface area contributed by atoms with Crippen molar-refractivity contribution < 1.29 is 9.53 Å². The van der Waals surface area contributed by atoms with E-state index in [0.29, 0.717) is 5.92 Å². The highest BCUT2D eigenvalue weighted by atomic mass is 16.5. The van der Waals surface area contributed by atoms with Crippen molar-refractivity contribution in [3.05, 3.63) is 41.2 Å². The van der Waals surface area contributed by atoms with E-state index in [2.05, 4.69) is 20.8 Å². The van der Waals surface area contributed by atoms with E-state index >= 15 is 0 Å². The van der Waals surface area contributed by atoms with Crippen LogP contribution in [0.3, 0.4) is 0 Å². The van der Waals surface area contributed by atoms with Crippen LogP contribution in [-0.4, -0.2) is 35.8 Å². The largest absolute Gasteiger partial charge is 0.483 e. The third-order valence-corrected chi connectivity index (χ3v) is 4.11. The normalized spacial score (nSPS) is 17.2. The van der Waals surface area contributed by atoms with E-state index in [1.165, 1.54) is 0 Å². The van der Waals surface area contributed by atoms with Gasteiger partial charge >= 0.3 is 0 Å². The van der Waals surface area contributed by atoms with Gasteiger partial charge in [0.15, 0.2) is 6.61 Å². The Balaban J connectivity index is 1.59. The molecule has 1 atom stereocenters. The number of carbonyl (C=O) groups is 1. The topological polar surface area (TPSA) is 79.0 Å². The molecule has 1 aliphatic heterocycles. The minimum Gasteiger partial charge on any atom is -0.483 e. The molecular weight excluding hydrogens is 292 g/mol. The van der Waals surface area contributed by atoms with Crippen molar-refractivity contribution >= 4 is 11.6 Å². The smallest absolute Gasteiger partial charge is 0.262 e. The number of H-pyrrole nitrogens is 1. The summed E-state index contributed by atoms with van der Waals surface area (Å²) in [6.07, 6.45) is 2.70. The van der Waals surface area contributed by atoms with E-state index in [0.717, 1.165) is 47.8 Å². The number of hydrogen-bond acceptors (Lipinski definition) is 4. The van der Waals surface area contributed by atoms with Gasteiger partial charge in [-0.15, -0.1) is 0 Å². The molecule has 0 spiro atoms. The first kappa shape index (κ1) is 15.6. The molecular formula is C17H22N4O2. The van der Waals surface area contributed by atoms with Gasteiger partial charge in [-0.3, -0.25) is 9.89 Å². The van der Waals surface area contributed by atoms with Gasteiger partial charge in [0.2, 0.25) is 0 Å². The van der Waals surface area contributed by atoms with Crippen molar-refractivity contribution in [3.8, 4) is 5.75 Å². The van der Waals surface area contributed by atoms with E-state index in [-0.39, 0.29) is 12.5 Å². The minimum absolute atomic E-state index is 0.0160. The number of carbonyl (C=O) groups excluding carboxylic acids is 1. The first-order valence-electron chi connectivity index (χ1n) is 7.87. The molecule has 1 aliphatic rings. The van der Waals surface area contributed by atoms with Crippen molar-refractivity contribution in [3.63, 3.8) is 0 Å². The van der Waals surface area contributed by atoms with E-state index in [9.17, 15) is 4.79 Å². The molecule has 3 rings (SSSR count). The number of amides is 1. The second kappa shape index (κ2) is 6.83. The van der Waals surface area contributed by atoms with Crippen LogP contribution in [0.1, 0.15) is 29.2 Å². The van der Waals surface area contributed by atoms with Crippen molar-refractivity contribution in [2.45, 2.75) is 26.2 Å². The Morgan fingerprint density at radius 3 is 3.09 bits per heavy atom. The number of nitrogens with one attached hydrogen (secondary N) is 3. The Bertz CT molecular complexity index is 690. The lowest BCUT2D eigenvalue weighted by Crippen LogP contribution is -2.21. The van der Waals surface area contributed by atoms with Crippen LogP contribution in [0.25, 0.3) is 0 Å². The number of aryl methyl sites for hydroxylation is 2. The maximum Gasteiger partial charge on any atom is 0.262 e. The molecule has 6 heteroatoms. The van der Waals surface area contributed by atoms with E-state index in [4.69, 9.17) is 4.74 Å².